The molecule has 0 heterocycles. The van der Waals surface area contributed by atoms with E-state index in [1.807, 2.05) is 24.3 Å². The van der Waals surface area contributed by atoms with Crippen molar-refractivity contribution in [3.8, 4) is 0 Å². The highest BCUT2D eigenvalue weighted by molar-refractivity contribution is 5.65. The molecule has 78 valence electrons. The molecule has 0 spiro atoms. The van der Waals surface area contributed by atoms with Crippen molar-refractivity contribution in [1.29, 1.82) is 0 Å². The maximum absolute atomic E-state index is 9.03. The second kappa shape index (κ2) is 5.47. The van der Waals surface area contributed by atoms with Crippen LogP contribution in [-0.4, -0.2) is 31.5 Å². The molecular weight excluding hydrogens is 180 g/mol. The smallest absolute Gasteiger partial charge is 0.0726 e. The minimum absolute atomic E-state index is 0.0160. The molecule has 1 rings (SSSR count). The van der Waals surface area contributed by atoms with Gasteiger partial charge in [0.05, 0.1) is 30.6 Å². The van der Waals surface area contributed by atoms with Crippen LogP contribution < -0.4 is 11.1 Å². The van der Waals surface area contributed by atoms with Crippen molar-refractivity contribution < 1.29 is 9.84 Å². The van der Waals surface area contributed by atoms with Crippen molar-refractivity contribution in [3.05, 3.63) is 24.3 Å². The lowest BCUT2D eigenvalue weighted by Crippen LogP contribution is -2.29. The number of rotatable bonds is 5. The molecule has 14 heavy (non-hydrogen) atoms. The first-order chi connectivity index (χ1) is 6.77. The van der Waals surface area contributed by atoms with Gasteiger partial charge in [-0.3, -0.25) is 0 Å². The van der Waals surface area contributed by atoms with E-state index in [0.717, 1.165) is 5.69 Å². The highest BCUT2D eigenvalue weighted by Crippen LogP contribution is 2.17. The van der Waals surface area contributed by atoms with E-state index in [1.165, 1.54) is 0 Å². The Morgan fingerprint density at radius 2 is 2.21 bits per heavy atom. The third kappa shape index (κ3) is 2.90. The predicted octanol–water partition coefficient (Wildman–Crippen LogP) is 0.688. The summed E-state index contributed by atoms with van der Waals surface area (Å²) in [6.07, 6.45) is 0. The predicted molar refractivity (Wildman–Crippen MR) is 57.2 cm³/mol. The van der Waals surface area contributed by atoms with Crippen LogP contribution in [0.1, 0.15) is 0 Å². The molecule has 0 fully saturated rings. The monoisotopic (exact) mass is 196 g/mol. The molecule has 4 heteroatoms. The number of nitrogens with two attached hydrogens (primary N) is 1. The molecule has 1 unspecified atom stereocenters. The number of aliphatic hydroxyl groups is 1. The second-order valence-electron chi connectivity index (χ2n) is 3.07. The number of para-hydroxylation sites is 2. The summed E-state index contributed by atoms with van der Waals surface area (Å²) in [6, 6.07) is 7.31. The lowest BCUT2D eigenvalue weighted by atomic mass is 10.2. The molecule has 0 amide bonds. The van der Waals surface area contributed by atoms with E-state index in [-0.39, 0.29) is 12.6 Å². The van der Waals surface area contributed by atoms with E-state index in [2.05, 4.69) is 5.32 Å². The van der Waals surface area contributed by atoms with Gasteiger partial charge in [0.25, 0.3) is 0 Å². The highest BCUT2D eigenvalue weighted by atomic mass is 16.5. The van der Waals surface area contributed by atoms with E-state index in [9.17, 15) is 0 Å². The summed E-state index contributed by atoms with van der Waals surface area (Å²) in [6.45, 7) is 0.465. The van der Waals surface area contributed by atoms with Gasteiger partial charge in [0.2, 0.25) is 0 Å². The molecule has 0 radical (unpaired) electrons. The third-order valence-corrected chi connectivity index (χ3v) is 1.91. The van der Waals surface area contributed by atoms with Crippen LogP contribution in [0.4, 0.5) is 11.4 Å². The van der Waals surface area contributed by atoms with Crippen LogP contribution in [0.5, 0.6) is 0 Å². The molecule has 0 aliphatic heterocycles. The number of methoxy groups -OCH3 is 1. The molecule has 1 aromatic rings. The largest absolute Gasteiger partial charge is 0.397 e. The first-order valence-electron chi connectivity index (χ1n) is 4.48. The van der Waals surface area contributed by atoms with Crippen molar-refractivity contribution >= 4 is 11.4 Å². The summed E-state index contributed by atoms with van der Waals surface area (Å²) < 4.78 is 4.94. The van der Waals surface area contributed by atoms with Crippen LogP contribution >= 0.6 is 0 Å². The fourth-order valence-corrected chi connectivity index (χ4v) is 1.19. The minimum atomic E-state index is -0.121. The van der Waals surface area contributed by atoms with Crippen molar-refractivity contribution in [2.24, 2.45) is 0 Å². The number of hydrogen-bond acceptors (Lipinski definition) is 4. The van der Waals surface area contributed by atoms with Gasteiger partial charge in [-0.15, -0.1) is 0 Å². The number of hydrogen-bond donors (Lipinski definition) is 3. The van der Waals surface area contributed by atoms with Gasteiger partial charge in [-0.2, -0.15) is 0 Å². The normalized spacial score (nSPS) is 12.4. The Labute approximate surface area is 83.7 Å². The summed E-state index contributed by atoms with van der Waals surface area (Å²) in [5.74, 6) is 0. The molecule has 0 aliphatic carbocycles. The molecule has 1 atom stereocenters. The molecule has 0 saturated heterocycles. The van der Waals surface area contributed by atoms with E-state index in [1.54, 1.807) is 7.11 Å². The van der Waals surface area contributed by atoms with Gasteiger partial charge in [0.1, 0.15) is 0 Å². The van der Waals surface area contributed by atoms with E-state index < -0.39 is 0 Å². The van der Waals surface area contributed by atoms with Crippen LogP contribution in [0.2, 0.25) is 0 Å². The first-order valence-corrected chi connectivity index (χ1v) is 4.48. The molecule has 0 aromatic heterocycles. The molecule has 4 N–H and O–H groups in total. The van der Waals surface area contributed by atoms with E-state index in [0.29, 0.717) is 12.3 Å². The zero-order chi connectivity index (χ0) is 10.4. The molecular formula is C10H16N2O2. The summed E-state index contributed by atoms with van der Waals surface area (Å²) in [4.78, 5) is 0. The standard InChI is InChI=1S/C10H16N2O2/c1-14-7-8(6-13)12-10-5-3-2-4-9(10)11/h2-5,8,12-13H,6-7,11H2,1H3. The number of ether oxygens (including phenoxy) is 1. The van der Waals surface area contributed by atoms with Crippen LogP contribution in [0.25, 0.3) is 0 Å². The van der Waals surface area contributed by atoms with Gasteiger partial charge >= 0.3 is 0 Å². The zero-order valence-electron chi connectivity index (χ0n) is 8.23. The van der Waals surface area contributed by atoms with Crippen molar-refractivity contribution in [2.75, 3.05) is 31.4 Å². The van der Waals surface area contributed by atoms with Crippen LogP contribution in [0, 0.1) is 0 Å². The fraction of sp³-hybridized carbons (Fsp3) is 0.400. The fourth-order valence-electron chi connectivity index (χ4n) is 1.19. The van der Waals surface area contributed by atoms with Gasteiger partial charge in [-0.1, -0.05) is 12.1 Å². The summed E-state index contributed by atoms with van der Waals surface area (Å²) in [5, 5.41) is 12.1. The number of nitrogens with one attached hydrogen (secondary N) is 1. The van der Waals surface area contributed by atoms with E-state index in [4.69, 9.17) is 15.6 Å². The minimum Gasteiger partial charge on any atom is -0.397 e. The Bertz CT molecular complexity index is 279. The maximum atomic E-state index is 9.03. The summed E-state index contributed by atoms with van der Waals surface area (Å²) >= 11 is 0. The number of anilines is 2. The Morgan fingerprint density at radius 3 is 2.79 bits per heavy atom. The topological polar surface area (TPSA) is 67.5 Å². The van der Waals surface area contributed by atoms with Crippen LogP contribution in [0.15, 0.2) is 24.3 Å². The average molecular weight is 196 g/mol. The first kappa shape index (κ1) is 10.8. The van der Waals surface area contributed by atoms with Crippen molar-refractivity contribution in [3.63, 3.8) is 0 Å². The lowest BCUT2D eigenvalue weighted by molar-refractivity contribution is 0.153. The third-order valence-electron chi connectivity index (χ3n) is 1.91. The molecule has 1 aromatic carbocycles. The Hall–Kier alpha value is -1.26. The second-order valence-corrected chi connectivity index (χ2v) is 3.07. The van der Waals surface area contributed by atoms with Gasteiger partial charge in [-0.25, -0.2) is 0 Å². The van der Waals surface area contributed by atoms with Gasteiger partial charge in [0, 0.05) is 7.11 Å². The van der Waals surface area contributed by atoms with Crippen molar-refractivity contribution in [2.45, 2.75) is 6.04 Å². The zero-order valence-corrected chi connectivity index (χ0v) is 8.23. The summed E-state index contributed by atoms with van der Waals surface area (Å²) in [5.41, 5.74) is 7.23. The SMILES string of the molecule is COCC(CO)Nc1ccccc1N. The molecule has 0 saturated carbocycles. The number of benzene rings is 1. The lowest BCUT2D eigenvalue weighted by Gasteiger charge is -2.17. The quantitative estimate of drug-likeness (QED) is 0.606. The maximum Gasteiger partial charge on any atom is 0.0726 e. The average Bonchev–Trinajstić information content (AvgIpc) is 2.20. The number of aliphatic hydroxyl groups excluding tert-OH is 1. The molecule has 0 bridgehead atoms. The molecule has 0 aliphatic rings. The van der Waals surface area contributed by atoms with E-state index >= 15 is 0 Å². The Kier molecular flexibility index (Phi) is 4.22. The van der Waals surface area contributed by atoms with Gasteiger partial charge in [0.15, 0.2) is 0 Å². The highest BCUT2D eigenvalue weighted by Gasteiger charge is 2.07. The molecule has 4 nitrogen and oxygen atoms in total. The van der Waals surface area contributed by atoms with Crippen LogP contribution in [-0.2, 0) is 4.74 Å². The van der Waals surface area contributed by atoms with Gasteiger partial charge in [-0.05, 0) is 12.1 Å². The van der Waals surface area contributed by atoms with Gasteiger partial charge < -0.3 is 20.9 Å². The summed E-state index contributed by atoms with van der Waals surface area (Å²) in [7, 11) is 1.60. The number of nitrogen functional groups attached to an aromatic ring is 1. The van der Waals surface area contributed by atoms with Crippen molar-refractivity contribution in [1.82, 2.24) is 0 Å². The Balaban J connectivity index is 2.62. The Morgan fingerprint density at radius 1 is 1.50 bits per heavy atom. The van der Waals surface area contributed by atoms with Crippen LogP contribution in [0.3, 0.4) is 0 Å².